The number of aromatic nitrogens is 2. The van der Waals surface area contributed by atoms with Crippen LogP contribution in [0.1, 0.15) is 0 Å². The molecule has 0 aliphatic rings. The topological polar surface area (TPSA) is 37.9 Å². The van der Waals surface area contributed by atoms with Gasteiger partial charge < -0.3 is 4.74 Å². The van der Waals surface area contributed by atoms with Gasteiger partial charge >= 0.3 is 0 Å². The standard InChI is InChI=1S/C6H8N2O/c1-4-5(2)7-8-6(4)9-3/h7H,1-2H2,3H3. The minimum Gasteiger partial charge on any atom is -0.480 e. The van der Waals surface area contributed by atoms with Crippen molar-refractivity contribution in [3.63, 3.8) is 0 Å². The highest BCUT2D eigenvalue weighted by atomic mass is 16.5. The molecule has 0 amide bonds. The summed E-state index contributed by atoms with van der Waals surface area (Å²) in [7, 11) is 1.55. The Labute approximate surface area is 52.7 Å². The van der Waals surface area contributed by atoms with Gasteiger partial charge in [-0.2, -0.15) is 0 Å². The van der Waals surface area contributed by atoms with Crippen molar-refractivity contribution in [2.24, 2.45) is 0 Å². The van der Waals surface area contributed by atoms with E-state index in [-0.39, 0.29) is 0 Å². The smallest absolute Gasteiger partial charge is 0.239 e. The van der Waals surface area contributed by atoms with Gasteiger partial charge in [-0.25, -0.2) is 0 Å². The Bertz CT molecular complexity index is 288. The Hall–Kier alpha value is -1.25. The summed E-state index contributed by atoms with van der Waals surface area (Å²) in [6.07, 6.45) is 0. The van der Waals surface area contributed by atoms with E-state index in [2.05, 4.69) is 23.4 Å². The Morgan fingerprint density at radius 3 is 2.44 bits per heavy atom. The Morgan fingerprint density at radius 2 is 2.22 bits per heavy atom. The predicted molar refractivity (Wildman–Crippen MR) is 35.4 cm³/mol. The largest absolute Gasteiger partial charge is 0.480 e. The molecule has 0 saturated carbocycles. The molecule has 0 unspecified atom stereocenters. The van der Waals surface area contributed by atoms with Crippen LogP contribution in [0, 0.1) is 0 Å². The molecule has 1 aromatic heterocycles. The van der Waals surface area contributed by atoms with Crippen molar-refractivity contribution in [1.29, 1.82) is 0 Å². The summed E-state index contributed by atoms with van der Waals surface area (Å²) in [5.41, 5.74) is 0. The molecule has 0 saturated heterocycles. The van der Waals surface area contributed by atoms with Gasteiger partial charge in [0.25, 0.3) is 0 Å². The summed E-state index contributed by atoms with van der Waals surface area (Å²) >= 11 is 0. The molecule has 1 rings (SSSR count). The third kappa shape index (κ3) is 0.806. The first kappa shape index (κ1) is 5.88. The Kier molecular flexibility index (Phi) is 1.26. The van der Waals surface area contributed by atoms with Crippen LogP contribution in [0.3, 0.4) is 0 Å². The molecule has 1 N–H and O–H groups in total. The maximum atomic E-state index is 4.82. The van der Waals surface area contributed by atoms with Crippen LogP contribution in [0.15, 0.2) is 0 Å². The van der Waals surface area contributed by atoms with Crippen LogP contribution in [0.5, 0.6) is 5.88 Å². The van der Waals surface area contributed by atoms with E-state index < -0.39 is 0 Å². The van der Waals surface area contributed by atoms with E-state index in [1.165, 1.54) is 0 Å². The van der Waals surface area contributed by atoms with Gasteiger partial charge in [-0.05, 0) is 0 Å². The zero-order valence-corrected chi connectivity index (χ0v) is 5.27. The lowest BCUT2D eigenvalue weighted by atomic mass is 10.5. The lowest BCUT2D eigenvalue weighted by molar-refractivity contribution is 0.394. The predicted octanol–water partition coefficient (Wildman–Crippen LogP) is -0.761. The average Bonchev–Trinajstić information content (AvgIpc) is 2.15. The fourth-order valence-corrected chi connectivity index (χ4v) is 0.551. The summed E-state index contributed by atoms with van der Waals surface area (Å²) in [5.74, 6) is 0.514. The molecule has 1 aromatic rings. The quantitative estimate of drug-likeness (QED) is 0.534. The minimum atomic E-state index is 0.514. The Balaban J connectivity index is 3.37. The van der Waals surface area contributed by atoms with E-state index in [0.29, 0.717) is 11.2 Å². The molecule has 1 heterocycles. The number of rotatable bonds is 1. The number of aromatic amines is 1. The second-order valence-corrected chi connectivity index (χ2v) is 1.69. The van der Waals surface area contributed by atoms with Gasteiger partial charge in [-0.15, -0.1) is 5.10 Å². The molecule has 3 nitrogen and oxygen atoms in total. The van der Waals surface area contributed by atoms with Crippen LogP contribution in [0.25, 0.3) is 13.2 Å². The summed E-state index contributed by atoms with van der Waals surface area (Å²) in [6.45, 7) is 7.30. The van der Waals surface area contributed by atoms with Crippen molar-refractivity contribution in [1.82, 2.24) is 10.2 Å². The monoisotopic (exact) mass is 124 g/mol. The number of H-pyrrole nitrogens is 1. The van der Waals surface area contributed by atoms with Gasteiger partial charge in [-0.1, -0.05) is 13.2 Å². The highest BCUT2D eigenvalue weighted by Gasteiger charge is 1.93. The van der Waals surface area contributed by atoms with Crippen LogP contribution >= 0.6 is 0 Å². The molecule has 0 bridgehead atoms. The number of hydrogen-bond acceptors (Lipinski definition) is 2. The van der Waals surface area contributed by atoms with Crippen molar-refractivity contribution in [2.45, 2.75) is 0 Å². The van der Waals surface area contributed by atoms with Crippen molar-refractivity contribution in [2.75, 3.05) is 7.11 Å². The molecule has 0 spiro atoms. The van der Waals surface area contributed by atoms with Gasteiger partial charge in [-0.3, -0.25) is 5.10 Å². The van der Waals surface area contributed by atoms with Crippen molar-refractivity contribution in [3.05, 3.63) is 10.6 Å². The first-order chi connectivity index (χ1) is 4.25. The molecule has 0 aliphatic heterocycles. The SMILES string of the molecule is C=c1[nH]nc(OC)c1=C. The second-order valence-electron chi connectivity index (χ2n) is 1.69. The summed E-state index contributed by atoms with van der Waals surface area (Å²) in [5, 5.41) is 7.82. The zero-order chi connectivity index (χ0) is 6.85. The molecule has 0 radical (unpaired) electrons. The summed E-state index contributed by atoms with van der Waals surface area (Å²) in [6, 6.07) is 0. The zero-order valence-electron chi connectivity index (χ0n) is 5.27. The van der Waals surface area contributed by atoms with Crippen LogP contribution in [0.2, 0.25) is 0 Å². The third-order valence-corrected chi connectivity index (χ3v) is 1.11. The third-order valence-electron chi connectivity index (χ3n) is 1.11. The molecule has 0 atom stereocenters. The van der Waals surface area contributed by atoms with Crippen LogP contribution in [-0.4, -0.2) is 17.3 Å². The van der Waals surface area contributed by atoms with Gasteiger partial charge in [0.15, 0.2) is 0 Å². The van der Waals surface area contributed by atoms with E-state index in [0.717, 1.165) is 5.22 Å². The molecule has 0 aromatic carbocycles. The maximum absolute atomic E-state index is 4.82. The molecule has 9 heavy (non-hydrogen) atoms. The van der Waals surface area contributed by atoms with Crippen LogP contribution in [0.4, 0.5) is 0 Å². The van der Waals surface area contributed by atoms with E-state index in [1.54, 1.807) is 7.11 Å². The number of nitrogens with zero attached hydrogens (tertiary/aromatic N) is 1. The highest BCUT2D eigenvalue weighted by Crippen LogP contribution is 1.85. The fraction of sp³-hybridized carbons (Fsp3) is 0.167. The van der Waals surface area contributed by atoms with Gasteiger partial charge in [0.1, 0.15) is 0 Å². The molecular formula is C6H8N2O. The van der Waals surface area contributed by atoms with Gasteiger partial charge in [0.05, 0.1) is 17.7 Å². The summed E-state index contributed by atoms with van der Waals surface area (Å²) in [4.78, 5) is 0. The normalized spacial score (nSPS) is 9.44. The number of nitrogens with one attached hydrogen (secondary N) is 1. The Morgan fingerprint density at radius 1 is 1.56 bits per heavy atom. The molecule has 3 heteroatoms. The van der Waals surface area contributed by atoms with Crippen molar-refractivity contribution in [3.8, 4) is 5.88 Å². The minimum absolute atomic E-state index is 0.514. The first-order valence-corrected chi connectivity index (χ1v) is 2.52. The van der Waals surface area contributed by atoms with Crippen molar-refractivity contribution >= 4 is 13.2 Å². The average molecular weight is 124 g/mol. The molecule has 0 aliphatic carbocycles. The first-order valence-electron chi connectivity index (χ1n) is 2.52. The molecular weight excluding hydrogens is 116 g/mol. The van der Waals surface area contributed by atoms with E-state index in [4.69, 9.17) is 4.74 Å². The van der Waals surface area contributed by atoms with Gasteiger partial charge in [0, 0.05) is 0 Å². The second kappa shape index (κ2) is 1.93. The number of ether oxygens (including phenoxy) is 1. The molecule has 0 fully saturated rings. The maximum Gasteiger partial charge on any atom is 0.239 e. The lowest BCUT2D eigenvalue weighted by Crippen LogP contribution is -2.19. The van der Waals surface area contributed by atoms with E-state index in [9.17, 15) is 0 Å². The lowest BCUT2D eigenvalue weighted by Gasteiger charge is -1.86. The van der Waals surface area contributed by atoms with E-state index >= 15 is 0 Å². The van der Waals surface area contributed by atoms with Crippen molar-refractivity contribution < 1.29 is 4.74 Å². The van der Waals surface area contributed by atoms with E-state index in [1.807, 2.05) is 0 Å². The summed E-state index contributed by atoms with van der Waals surface area (Å²) < 4.78 is 4.82. The number of methoxy groups -OCH3 is 1. The van der Waals surface area contributed by atoms with Crippen LogP contribution < -0.4 is 15.3 Å². The fourth-order valence-electron chi connectivity index (χ4n) is 0.551. The number of hydrogen-bond donors (Lipinski definition) is 1. The van der Waals surface area contributed by atoms with Crippen LogP contribution in [-0.2, 0) is 0 Å². The highest BCUT2D eigenvalue weighted by molar-refractivity contribution is 5.18. The molecule has 48 valence electrons. The van der Waals surface area contributed by atoms with Gasteiger partial charge in [0.2, 0.25) is 5.88 Å².